The van der Waals surface area contributed by atoms with Crippen molar-refractivity contribution in [2.45, 2.75) is 18.9 Å². The number of aliphatic hydroxyl groups excluding tert-OH is 1. The third-order valence-electron chi connectivity index (χ3n) is 3.33. The summed E-state index contributed by atoms with van der Waals surface area (Å²) in [7, 11) is 1.54. The third kappa shape index (κ3) is 2.26. The first kappa shape index (κ1) is 12.7. The van der Waals surface area contributed by atoms with E-state index in [4.69, 9.17) is 10.5 Å². The van der Waals surface area contributed by atoms with Crippen molar-refractivity contribution in [2.24, 2.45) is 0 Å². The van der Waals surface area contributed by atoms with Crippen LogP contribution >= 0.6 is 0 Å². The molecule has 2 rings (SSSR count). The number of aliphatic hydroxyl groups is 1. The molecule has 1 fully saturated rings. The molecule has 1 aliphatic heterocycles. The number of likely N-dealkylation sites (tertiary alicyclic amines) is 1. The van der Waals surface area contributed by atoms with E-state index in [2.05, 4.69) is 0 Å². The zero-order chi connectivity index (χ0) is 13.1. The smallest absolute Gasteiger partial charge is 0.254 e. The molecule has 0 bridgehead atoms. The van der Waals surface area contributed by atoms with E-state index in [0.29, 0.717) is 23.5 Å². The maximum atomic E-state index is 12.3. The van der Waals surface area contributed by atoms with E-state index in [1.165, 1.54) is 7.11 Å². The number of rotatable bonds is 3. The SMILES string of the molecule is COc1ccc(C(=O)N2CCC[C@H]2CO)cc1N. The molecule has 98 valence electrons. The summed E-state index contributed by atoms with van der Waals surface area (Å²) >= 11 is 0. The van der Waals surface area contributed by atoms with Crippen molar-refractivity contribution in [1.82, 2.24) is 4.90 Å². The van der Waals surface area contributed by atoms with Gasteiger partial charge in [0, 0.05) is 12.1 Å². The molecule has 0 spiro atoms. The summed E-state index contributed by atoms with van der Waals surface area (Å²) in [5, 5.41) is 9.23. The van der Waals surface area contributed by atoms with Crippen LogP contribution in [-0.2, 0) is 0 Å². The molecule has 1 aromatic rings. The number of amides is 1. The molecule has 1 saturated heterocycles. The summed E-state index contributed by atoms with van der Waals surface area (Å²) in [5.74, 6) is 0.479. The second kappa shape index (κ2) is 5.27. The van der Waals surface area contributed by atoms with E-state index in [1.807, 2.05) is 0 Å². The molecule has 0 radical (unpaired) electrons. The van der Waals surface area contributed by atoms with Crippen LogP contribution in [0.2, 0.25) is 0 Å². The largest absolute Gasteiger partial charge is 0.495 e. The maximum Gasteiger partial charge on any atom is 0.254 e. The first-order valence-electron chi connectivity index (χ1n) is 6.02. The quantitative estimate of drug-likeness (QED) is 0.781. The molecule has 1 aromatic carbocycles. The highest BCUT2D eigenvalue weighted by Crippen LogP contribution is 2.25. The van der Waals surface area contributed by atoms with Crippen LogP contribution < -0.4 is 10.5 Å². The van der Waals surface area contributed by atoms with E-state index >= 15 is 0 Å². The highest BCUT2D eigenvalue weighted by Gasteiger charge is 2.28. The Morgan fingerprint density at radius 3 is 3.00 bits per heavy atom. The number of benzene rings is 1. The van der Waals surface area contributed by atoms with Gasteiger partial charge in [0.25, 0.3) is 5.91 Å². The highest BCUT2D eigenvalue weighted by atomic mass is 16.5. The van der Waals surface area contributed by atoms with E-state index in [9.17, 15) is 9.90 Å². The van der Waals surface area contributed by atoms with Gasteiger partial charge in [0.15, 0.2) is 0 Å². The summed E-state index contributed by atoms with van der Waals surface area (Å²) < 4.78 is 5.06. The number of hydrogen-bond donors (Lipinski definition) is 2. The molecule has 0 saturated carbocycles. The molecule has 1 heterocycles. The number of methoxy groups -OCH3 is 1. The molecule has 3 N–H and O–H groups in total. The van der Waals surface area contributed by atoms with E-state index in [0.717, 1.165) is 12.8 Å². The minimum atomic E-state index is -0.0825. The number of anilines is 1. The number of nitrogens with zero attached hydrogens (tertiary/aromatic N) is 1. The predicted molar refractivity (Wildman–Crippen MR) is 68.6 cm³/mol. The van der Waals surface area contributed by atoms with Crippen LogP contribution in [0.4, 0.5) is 5.69 Å². The lowest BCUT2D eigenvalue weighted by molar-refractivity contribution is 0.0677. The molecule has 0 unspecified atom stereocenters. The van der Waals surface area contributed by atoms with Gasteiger partial charge < -0.3 is 20.5 Å². The summed E-state index contributed by atoms with van der Waals surface area (Å²) in [5.41, 5.74) is 6.77. The van der Waals surface area contributed by atoms with Crippen molar-refractivity contribution in [3.05, 3.63) is 23.8 Å². The molecular formula is C13H18N2O3. The van der Waals surface area contributed by atoms with Gasteiger partial charge in [0.05, 0.1) is 25.4 Å². The van der Waals surface area contributed by atoms with Gasteiger partial charge >= 0.3 is 0 Å². The Morgan fingerprint density at radius 2 is 2.39 bits per heavy atom. The van der Waals surface area contributed by atoms with Crippen molar-refractivity contribution in [1.29, 1.82) is 0 Å². The molecule has 1 amide bonds. The molecule has 5 nitrogen and oxygen atoms in total. The van der Waals surface area contributed by atoms with Gasteiger partial charge in [0.1, 0.15) is 5.75 Å². The molecule has 1 atom stereocenters. The van der Waals surface area contributed by atoms with Gasteiger partial charge in [-0.25, -0.2) is 0 Å². The van der Waals surface area contributed by atoms with Crippen LogP contribution in [0.3, 0.4) is 0 Å². The number of carbonyl (C=O) groups excluding carboxylic acids is 1. The summed E-state index contributed by atoms with van der Waals surface area (Å²) in [6, 6.07) is 4.94. The Hall–Kier alpha value is -1.75. The first-order valence-corrected chi connectivity index (χ1v) is 6.02. The van der Waals surface area contributed by atoms with Crippen molar-refractivity contribution >= 4 is 11.6 Å². The summed E-state index contributed by atoms with van der Waals surface area (Å²) in [6.07, 6.45) is 1.79. The topological polar surface area (TPSA) is 75.8 Å². The van der Waals surface area contributed by atoms with Gasteiger partial charge in [-0.1, -0.05) is 0 Å². The van der Waals surface area contributed by atoms with Crippen LogP contribution in [0.25, 0.3) is 0 Å². The van der Waals surface area contributed by atoms with Gasteiger partial charge in [-0.3, -0.25) is 4.79 Å². The van der Waals surface area contributed by atoms with Gasteiger partial charge in [0.2, 0.25) is 0 Å². The number of nitrogen functional groups attached to an aromatic ring is 1. The van der Waals surface area contributed by atoms with Crippen LogP contribution in [-0.4, -0.2) is 42.2 Å². The normalized spacial score (nSPS) is 19.0. The summed E-state index contributed by atoms with van der Waals surface area (Å²) in [6.45, 7) is 0.702. The first-order chi connectivity index (χ1) is 8.67. The lowest BCUT2D eigenvalue weighted by Crippen LogP contribution is -2.37. The van der Waals surface area contributed by atoms with Crippen molar-refractivity contribution in [2.75, 3.05) is 26.0 Å². The molecule has 0 aliphatic carbocycles. The number of carbonyl (C=O) groups is 1. The fourth-order valence-electron chi connectivity index (χ4n) is 2.33. The van der Waals surface area contributed by atoms with Crippen molar-refractivity contribution < 1.29 is 14.6 Å². The molecule has 1 aliphatic rings. The predicted octanol–water partition coefficient (Wildman–Crippen LogP) is 0.874. The lowest BCUT2D eigenvalue weighted by atomic mass is 10.1. The molecule has 5 heteroatoms. The zero-order valence-electron chi connectivity index (χ0n) is 10.4. The Kier molecular flexibility index (Phi) is 3.72. The summed E-state index contributed by atoms with van der Waals surface area (Å²) in [4.78, 5) is 14.0. The van der Waals surface area contributed by atoms with Gasteiger partial charge in [-0.05, 0) is 31.0 Å². The van der Waals surface area contributed by atoms with E-state index in [-0.39, 0.29) is 18.6 Å². The maximum absolute atomic E-state index is 12.3. The van der Waals surface area contributed by atoms with Gasteiger partial charge in [-0.2, -0.15) is 0 Å². The third-order valence-corrected chi connectivity index (χ3v) is 3.33. The second-order valence-corrected chi connectivity index (χ2v) is 4.43. The highest BCUT2D eigenvalue weighted by molar-refractivity contribution is 5.95. The molecular weight excluding hydrogens is 232 g/mol. The standard InChI is InChI=1S/C13H18N2O3/c1-18-12-5-4-9(7-11(12)14)13(17)15-6-2-3-10(15)8-16/h4-5,7,10,16H,2-3,6,8,14H2,1H3/t10-/m0/s1. The van der Waals surface area contributed by atoms with Crippen LogP contribution in [0.1, 0.15) is 23.2 Å². The lowest BCUT2D eigenvalue weighted by Gasteiger charge is -2.23. The Labute approximate surface area is 106 Å². The monoisotopic (exact) mass is 250 g/mol. The van der Waals surface area contributed by atoms with Crippen LogP contribution in [0.15, 0.2) is 18.2 Å². The number of ether oxygens (including phenoxy) is 1. The van der Waals surface area contributed by atoms with E-state index < -0.39 is 0 Å². The van der Waals surface area contributed by atoms with Crippen LogP contribution in [0.5, 0.6) is 5.75 Å². The minimum Gasteiger partial charge on any atom is -0.495 e. The van der Waals surface area contributed by atoms with E-state index in [1.54, 1.807) is 23.1 Å². The van der Waals surface area contributed by atoms with Crippen molar-refractivity contribution in [3.63, 3.8) is 0 Å². The van der Waals surface area contributed by atoms with Crippen LogP contribution in [0, 0.1) is 0 Å². The Bertz CT molecular complexity index is 448. The van der Waals surface area contributed by atoms with Gasteiger partial charge in [-0.15, -0.1) is 0 Å². The second-order valence-electron chi connectivity index (χ2n) is 4.43. The average molecular weight is 250 g/mol. The molecule has 0 aromatic heterocycles. The Balaban J connectivity index is 2.21. The Morgan fingerprint density at radius 1 is 1.61 bits per heavy atom. The average Bonchev–Trinajstić information content (AvgIpc) is 2.86. The number of hydrogen-bond acceptors (Lipinski definition) is 4. The minimum absolute atomic E-state index is 0.0113. The van der Waals surface area contributed by atoms with Crippen molar-refractivity contribution in [3.8, 4) is 5.75 Å². The zero-order valence-corrected chi connectivity index (χ0v) is 10.4. The fraction of sp³-hybridized carbons (Fsp3) is 0.462. The fourth-order valence-corrected chi connectivity index (χ4v) is 2.33. The number of nitrogens with two attached hydrogens (primary N) is 1. The molecule has 18 heavy (non-hydrogen) atoms.